The molecule has 0 aliphatic carbocycles. The summed E-state index contributed by atoms with van der Waals surface area (Å²) < 4.78 is 11.3. The van der Waals surface area contributed by atoms with Crippen LogP contribution in [0.15, 0.2) is 24.3 Å². The average Bonchev–Trinajstić information content (AvgIpc) is 2.48. The van der Waals surface area contributed by atoms with Crippen molar-refractivity contribution in [1.82, 2.24) is 10.2 Å². The summed E-state index contributed by atoms with van der Waals surface area (Å²) in [4.78, 5) is 12.8. The quantitative estimate of drug-likeness (QED) is 0.879. The van der Waals surface area contributed by atoms with Gasteiger partial charge in [0.2, 0.25) is 0 Å². The van der Waals surface area contributed by atoms with E-state index >= 15 is 0 Å². The monoisotopic (exact) mass is 280 g/mol. The van der Waals surface area contributed by atoms with Gasteiger partial charge in [-0.25, -0.2) is 4.79 Å². The Morgan fingerprint density at radius 1 is 1.45 bits per heavy atom. The van der Waals surface area contributed by atoms with Crippen molar-refractivity contribution in [2.75, 3.05) is 26.7 Å². The Bertz CT molecular complexity index is 480. The molecule has 1 aromatic rings. The van der Waals surface area contributed by atoms with Crippen molar-refractivity contribution in [2.45, 2.75) is 19.1 Å². The van der Waals surface area contributed by atoms with Gasteiger partial charge in [0.15, 0.2) is 17.2 Å². The van der Waals surface area contributed by atoms with Gasteiger partial charge in [-0.05, 0) is 12.1 Å². The molecule has 1 aliphatic heterocycles. The van der Waals surface area contributed by atoms with Gasteiger partial charge in [0, 0.05) is 19.5 Å². The third kappa shape index (κ3) is 2.65. The first-order valence-corrected chi connectivity index (χ1v) is 6.66. The number of ether oxygens (including phenoxy) is 2. The number of carboxylic acid groups (broad SMARTS) is 1. The Balaban J connectivity index is 2.32. The van der Waals surface area contributed by atoms with Crippen LogP contribution >= 0.6 is 0 Å². The number of methoxy groups -OCH3 is 1. The molecule has 1 atom stereocenters. The third-order valence-corrected chi connectivity index (χ3v) is 3.56. The normalized spacial score (nSPS) is 22.4. The minimum Gasteiger partial charge on any atom is -0.493 e. The average molecular weight is 280 g/mol. The van der Waals surface area contributed by atoms with Crippen LogP contribution in [0, 0.1) is 0 Å². The van der Waals surface area contributed by atoms with E-state index in [0.717, 1.165) is 0 Å². The fourth-order valence-electron chi connectivity index (χ4n) is 2.43. The van der Waals surface area contributed by atoms with Gasteiger partial charge >= 0.3 is 6.09 Å². The van der Waals surface area contributed by atoms with E-state index in [1.807, 2.05) is 19.1 Å². The molecule has 2 N–H and O–H groups in total. The number of carbonyl (C=O) groups is 1. The van der Waals surface area contributed by atoms with Gasteiger partial charge < -0.3 is 19.9 Å². The number of nitrogens with zero attached hydrogens (tertiary/aromatic N) is 1. The predicted octanol–water partition coefficient (Wildman–Crippen LogP) is 1.76. The molecule has 0 spiro atoms. The Kier molecular flexibility index (Phi) is 4.34. The molecule has 0 aromatic heterocycles. The maximum absolute atomic E-state index is 11.5. The van der Waals surface area contributed by atoms with Gasteiger partial charge in [-0.3, -0.25) is 4.90 Å². The second-order valence-corrected chi connectivity index (χ2v) is 4.66. The van der Waals surface area contributed by atoms with Crippen molar-refractivity contribution in [3.05, 3.63) is 24.3 Å². The first-order chi connectivity index (χ1) is 9.63. The number of nitrogens with one attached hydrogen (secondary N) is 1. The zero-order valence-electron chi connectivity index (χ0n) is 11.8. The molecule has 0 bridgehead atoms. The highest BCUT2D eigenvalue weighted by Gasteiger charge is 2.43. The van der Waals surface area contributed by atoms with E-state index in [0.29, 0.717) is 37.6 Å². The summed E-state index contributed by atoms with van der Waals surface area (Å²) in [5.74, 6) is 1.14. The van der Waals surface area contributed by atoms with Crippen LogP contribution in [-0.4, -0.2) is 48.6 Å². The van der Waals surface area contributed by atoms with Gasteiger partial charge in [0.1, 0.15) is 0 Å². The van der Waals surface area contributed by atoms with Gasteiger partial charge in [-0.1, -0.05) is 19.1 Å². The van der Waals surface area contributed by atoms with Crippen LogP contribution in [0.4, 0.5) is 4.79 Å². The van der Waals surface area contributed by atoms with Crippen molar-refractivity contribution in [1.29, 1.82) is 0 Å². The third-order valence-electron chi connectivity index (χ3n) is 3.56. The minimum atomic E-state index is -0.969. The van der Waals surface area contributed by atoms with Crippen molar-refractivity contribution >= 4 is 6.09 Å². The topological polar surface area (TPSA) is 71.0 Å². The number of hydrogen-bond donors (Lipinski definition) is 2. The first-order valence-electron chi connectivity index (χ1n) is 6.66. The molecule has 1 saturated heterocycles. The van der Waals surface area contributed by atoms with Gasteiger partial charge in [-0.2, -0.15) is 0 Å². The van der Waals surface area contributed by atoms with Crippen LogP contribution in [-0.2, 0) is 0 Å². The lowest BCUT2D eigenvalue weighted by Crippen LogP contribution is -2.65. The molecule has 1 fully saturated rings. The summed E-state index contributed by atoms with van der Waals surface area (Å²) in [6.45, 7) is 3.40. The Labute approximate surface area is 118 Å². The molecular formula is C14H20N2O4. The van der Waals surface area contributed by atoms with Crippen LogP contribution in [0.5, 0.6) is 11.5 Å². The summed E-state index contributed by atoms with van der Waals surface area (Å²) in [6, 6.07) is 7.26. The SMILES string of the molecule is CCC1(Oc2ccccc2OC)CNCCN1C(=O)O. The van der Waals surface area contributed by atoms with Gasteiger partial charge in [0.25, 0.3) is 0 Å². The maximum atomic E-state index is 11.5. The fourth-order valence-corrected chi connectivity index (χ4v) is 2.43. The maximum Gasteiger partial charge on any atom is 0.410 e. The molecule has 1 aromatic carbocycles. The van der Waals surface area contributed by atoms with Crippen molar-refractivity contribution < 1.29 is 19.4 Å². The second kappa shape index (κ2) is 6.00. The Hall–Kier alpha value is -1.95. The number of piperazine rings is 1. The molecule has 1 heterocycles. The Morgan fingerprint density at radius 2 is 2.15 bits per heavy atom. The summed E-state index contributed by atoms with van der Waals surface area (Å²) >= 11 is 0. The van der Waals surface area contributed by atoms with Crippen LogP contribution in [0.25, 0.3) is 0 Å². The van der Waals surface area contributed by atoms with Crippen LogP contribution < -0.4 is 14.8 Å². The van der Waals surface area contributed by atoms with E-state index in [1.165, 1.54) is 4.90 Å². The highest BCUT2D eigenvalue weighted by Crippen LogP contribution is 2.33. The van der Waals surface area contributed by atoms with Crippen molar-refractivity contribution in [2.24, 2.45) is 0 Å². The predicted molar refractivity (Wildman–Crippen MR) is 74.2 cm³/mol. The molecule has 110 valence electrons. The van der Waals surface area contributed by atoms with E-state index in [4.69, 9.17) is 9.47 Å². The van der Waals surface area contributed by atoms with Gasteiger partial charge in [0.05, 0.1) is 13.7 Å². The molecule has 6 nitrogen and oxygen atoms in total. The van der Waals surface area contributed by atoms with Crippen LogP contribution in [0.2, 0.25) is 0 Å². The molecule has 6 heteroatoms. The largest absolute Gasteiger partial charge is 0.493 e. The van der Waals surface area contributed by atoms with E-state index in [1.54, 1.807) is 19.2 Å². The molecule has 0 radical (unpaired) electrons. The number of amides is 1. The summed E-state index contributed by atoms with van der Waals surface area (Å²) in [5, 5.41) is 12.6. The molecular weight excluding hydrogens is 260 g/mol. The fraction of sp³-hybridized carbons (Fsp3) is 0.500. The van der Waals surface area contributed by atoms with E-state index in [9.17, 15) is 9.90 Å². The van der Waals surface area contributed by atoms with Crippen molar-refractivity contribution in [3.8, 4) is 11.5 Å². The van der Waals surface area contributed by atoms with E-state index in [2.05, 4.69) is 5.32 Å². The molecule has 1 unspecified atom stereocenters. The van der Waals surface area contributed by atoms with Crippen molar-refractivity contribution in [3.63, 3.8) is 0 Å². The molecule has 2 rings (SSSR count). The summed E-state index contributed by atoms with van der Waals surface area (Å²) in [6.07, 6.45) is -0.423. The lowest BCUT2D eigenvalue weighted by Gasteiger charge is -2.45. The molecule has 20 heavy (non-hydrogen) atoms. The van der Waals surface area contributed by atoms with Crippen LogP contribution in [0.3, 0.4) is 0 Å². The second-order valence-electron chi connectivity index (χ2n) is 4.66. The minimum absolute atomic E-state index is 0.401. The highest BCUT2D eigenvalue weighted by atomic mass is 16.5. The zero-order chi connectivity index (χ0) is 14.6. The standard InChI is InChI=1S/C14H20N2O4/c1-3-14(10-15-8-9-16(14)13(17)18)20-12-7-5-4-6-11(12)19-2/h4-7,15H,3,8-10H2,1-2H3,(H,17,18). The molecule has 1 amide bonds. The van der Waals surface area contributed by atoms with Gasteiger partial charge in [-0.15, -0.1) is 0 Å². The smallest absolute Gasteiger partial charge is 0.410 e. The highest BCUT2D eigenvalue weighted by molar-refractivity contribution is 5.66. The number of benzene rings is 1. The number of rotatable bonds is 4. The van der Waals surface area contributed by atoms with E-state index in [-0.39, 0.29) is 0 Å². The van der Waals surface area contributed by atoms with Crippen LogP contribution in [0.1, 0.15) is 13.3 Å². The summed E-state index contributed by atoms with van der Waals surface area (Å²) in [5.41, 5.74) is -0.904. The lowest BCUT2D eigenvalue weighted by atomic mass is 10.1. The number of hydrogen-bond acceptors (Lipinski definition) is 4. The lowest BCUT2D eigenvalue weighted by molar-refractivity contribution is -0.0854. The number of para-hydroxylation sites is 2. The molecule has 0 saturated carbocycles. The Morgan fingerprint density at radius 3 is 2.75 bits per heavy atom. The zero-order valence-corrected chi connectivity index (χ0v) is 11.8. The first kappa shape index (κ1) is 14.5. The van der Waals surface area contributed by atoms with E-state index < -0.39 is 11.8 Å². The molecule has 1 aliphatic rings. The summed E-state index contributed by atoms with van der Waals surface area (Å²) in [7, 11) is 1.56.